The summed E-state index contributed by atoms with van der Waals surface area (Å²) in [5.74, 6) is -6.57. The van der Waals surface area contributed by atoms with E-state index in [-0.39, 0.29) is 30.6 Å². The highest BCUT2D eigenvalue weighted by molar-refractivity contribution is 5.99. The highest BCUT2D eigenvalue weighted by Gasteiger charge is 2.57. The summed E-state index contributed by atoms with van der Waals surface area (Å²) in [5, 5.41) is 14.6. The Hall–Kier alpha value is -4.65. The van der Waals surface area contributed by atoms with Crippen LogP contribution in [0.15, 0.2) is 53.5 Å². The number of pyridine rings is 1. The maximum Gasteiger partial charge on any atom is 0.274 e. The van der Waals surface area contributed by atoms with Gasteiger partial charge in [0.25, 0.3) is 11.8 Å². The van der Waals surface area contributed by atoms with Crippen molar-refractivity contribution in [2.24, 2.45) is 0 Å². The SMILES string of the molecule is C[C@H](c1ccccc1)N1O[C@@]2(CC[C@H](C)N3C[C@H]2n2cc(C(=O)NCc4c(F)cc(F)cc4F)c(=O)c(O)c2C3=O)CC1=O. The molecule has 3 aliphatic rings. The second kappa shape index (κ2) is 10.8. The molecule has 2 saturated heterocycles. The van der Waals surface area contributed by atoms with Gasteiger partial charge in [0, 0.05) is 43.0 Å². The molecule has 10 nitrogen and oxygen atoms in total. The van der Waals surface area contributed by atoms with E-state index in [0.717, 1.165) is 11.8 Å². The summed E-state index contributed by atoms with van der Waals surface area (Å²) in [7, 11) is 0. The molecule has 6 rings (SSSR count). The van der Waals surface area contributed by atoms with Crippen LogP contribution >= 0.6 is 0 Å². The molecule has 3 aromatic rings. The molecule has 0 saturated carbocycles. The number of nitrogens with zero attached hydrogens (tertiary/aromatic N) is 3. The third-order valence-electron chi connectivity index (χ3n) is 8.89. The first-order chi connectivity index (χ1) is 20.9. The van der Waals surface area contributed by atoms with Crippen molar-refractivity contribution >= 4 is 17.7 Å². The summed E-state index contributed by atoms with van der Waals surface area (Å²) < 4.78 is 42.9. The van der Waals surface area contributed by atoms with Crippen molar-refractivity contribution in [1.29, 1.82) is 0 Å². The topological polar surface area (TPSA) is 121 Å². The molecule has 0 aliphatic carbocycles. The van der Waals surface area contributed by atoms with E-state index in [1.54, 1.807) is 0 Å². The van der Waals surface area contributed by atoms with Crippen molar-refractivity contribution in [3.8, 4) is 5.75 Å². The second-order valence-corrected chi connectivity index (χ2v) is 11.5. The van der Waals surface area contributed by atoms with Gasteiger partial charge >= 0.3 is 0 Å². The summed E-state index contributed by atoms with van der Waals surface area (Å²) in [6, 6.07) is 8.66. The summed E-state index contributed by atoms with van der Waals surface area (Å²) in [6.45, 7) is 3.01. The van der Waals surface area contributed by atoms with Gasteiger partial charge in [-0.25, -0.2) is 18.2 Å². The van der Waals surface area contributed by atoms with Crippen LogP contribution in [0.2, 0.25) is 0 Å². The Morgan fingerprint density at radius 2 is 1.82 bits per heavy atom. The Morgan fingerprint density at radius 1 is 1.14 bits per heavy atom. The van der Waals surface area contributed by atoms with Gasteiger partial charge in [0.1, 0.15) is 28.6 Å². The van der Waals surface area contributed by atoms with Gasteiger partial charge in [0.05, 0.1) is 18.5 Å². The highest BCUT2D eigenvalue weighted by Crippen LogP contribution is 2.48. The number of benzene rings is 2. The predicted molar refractivity (Wildman–Crippen MR) is 149 cm³/mol. The van der Waals surface area contributed by atoms with Gasteiger partial charge in [0.2, 0.25) is 11.3 Å². The maximum absolute atomic E-state index is 14.2. The van der Waals surface area contributed by atoms with Crippen LogP contribution in [0, 0.1) is 17.5 Å². The standard InChI is InChI=1S/C31H29F3N4O6/c1-16-8-9-31(12-25(39)38(44-31)17(2)18-6-4-3-5-7-18)24-15-36(16)30(43)26-28(41)27(40)21(14-37(24)26)29(42)35-13-20-22(33)10-19(32)11-23(20)34/h3-7,10-11,14,16-17,24,41H,8-9,12-13,15H2,1-2H3,(H,35,42)/t16-,17+,24+,31-/m0/s1. The fourth-order valence-electron chi connectivity index (χ4n) is 6.40. The number of hydroxylamine groups is 2. The minimum Gasteiger partial charge on any atom is -0.503 e. The van der Waals surface area contributed by atoms with Crippen LogP contribution < -0.4 is 10.7 Å². The molecule has 230 valence electrons. The largest absolute Gasteiger partial charge is 0.503 e. The van der Waals surface area contributed by atoms with Gasteiger partial charge in [-0.1, -0.05) is 30.3 Å². The van der Waals surface area contributed by atoms with Gasteiger partial charge in [0.15, 0.2) is 11.4 Å². The molecule has 0 unspecified atom stereocenters. The number of amides is 3. The Kier molecular flexibility index (Phi) is 7.23. The molecule has 2 N–H and O–H groups in total. The highest BCUT2D eigenvalue weighted by atomic mass is 19.1. The molecular formula is C31H29F3N4O6. The molecule has 3 aliphatic heterocycles. The van der Waals surface area contributed by atoms with Crippen LogP contribution in [0.3, 0.4) is 0 Å². The second-order valence-electron chi connectivity index (χ2n) is 11.5. The predicted octanol–water partition coefficient (Wildman–Crippen LogP) is 3.74. The molecule has 1 spiro atoms. The number of carbonyl (C=O) groups excluding carboxylic acids is 3. The molecule has 2 bridgehead atoms. The first-order valence-electron chi connectivity index (χ1n) is 14.2. The van der Waals surface area contributed by atoms with Crippen LogP contribution in [-0.4, -0.2) is 55.5 Å². The average molecular weight is 611 g/mol. The molecule has 13 heteroatoms. The molecule has 44 heavy (non-hydrogen) atoms. The van der Waals surface area contributed by atoms with Crippen LogP contribution in [0.1, 0.15) is 77.2 Å². The lowest BCUT2D eigenvalue weighted by Crippen LogP contribution is -2.52. The molecule has 1 aromatic heterocycles. The lowest BCUT2D eigenvalue weighted by Gasteiger charge is -2.42. The number of hydrogen-bond acceptors (Lipinski definition) is 6. The third-order valence-corrected chi connectivity index (χ3v) is 8.89. The van der Waals surface area contributed by atoms with Gasteiger partial charge < -0.3 is 19.9 Å². The zero-order valence-electron chi connectivity index (χ0n) is 23.9. The minimum atomic E-state index is -1.23. The molecule has 2 fully saturated rings. The number of aromatic hydroxyl groups is 1. The Bertz CT molecular complexity index is 1730. The van der Waals surface area contributed by atoms with Gasteiger partial charge in [-0.3, -0.25) is 24.0 Å². The van der Waals surface area contributed by atoms with Crippen molar-refractivity contribution in [2.75, 3.05) is 6.54 Å². The molecule has 0 radical (unpaired) electrons. The van der Waals surface area contributed by atoms with E-state index in [2.05, 4.69) is 5.32 Å². The van der Waals surface area contributed by atoms with Gasteiger partial charge in [-0.05, 0) is 32.3 Å². The van der Waals surface area contributed by atoms with Crippen molar-refractivity contribution in [2.45, 2.75) is 63.4 Å². The zero-order valence-corrected chi connectivity index (χ0v) is 23.9. The fraction of sp³-hybridized carbons (Fsp3) is 0.355. The van der Waals surface area contributed by atoms with E-state index >= 15 is 0 Å². The zero-order chi connectivity index (χ0) is 31.5. The van der Waals surface area contributed by atoms with E-state index in [9.17, 15) is 37.5 Å². The molecular weight excluding hydrogens is 581 g/mol. The van der Waals surface area contributed by atoms with Crippen molar-refractivity contribution in [3.63, 3.8) is 0 Å². The monoisotopic (exact) mass is 610 g/mol. The minimum absolute atomic E-state index is 0.0550. The lowest BCUT2D eigenvalue weighted by molar-refractivity contribution is -0.228. The number of carbonyl (C=O) groups is 3. The lowest BCUT2D eigenvalue weighted by atomic mass is 9.85. The maximum atomic E-state index is 14.2. The van der Waals surface area contributed by atoms with Crippen molar-refractivity contribution in [3.05, 3.63) is 98.7 Å². The first-order valence-corrected chi connectivity index (χ1v) is 14.2. The van der Waals surface area contributed by atoms with E-state index in [0.29, 0.717) is 25.0 Å². The fourth-order valence-corrected chi connectivity index (χ4v) is 6.40. The van der Waals surface area contributed by atoms with Crippen LogP contribution in [0.25, 0.3) is 0 Å². The first kappa shape index (κ1) is 29.4. The summed E-state index contributed by atoms with van der Waals surface area (Å²) in [4.78, 5) is 61.4. The normalized spacial score (nSPS) is 23.5. The number of halogens is 3. The van der Waals surface area contributed by atoms with E-state index in [1.807, 2.05) is 44.2 Å². The molecule has 2 aromatic carbocycles. The average Bonchev–Trinajstić information content (AvgIpc) is 3.27. The Balaban J connectivity index is 1.39. The Morgan fingerprint density at radius 3 is 2.50 bits per heavy atom. The molecule has 3 amide bonds. The number of rotatable bonds is 5. The van der Waals surface area contributed by atoms with Gasteiger partial charge in [-0.2, -0.15) is 0 Å². The number of hydrogen-bond donors (Lipinski definition) is 2. The van der Waals surface area contributed by atoms with Crippen molar-refractivity contribution in [1.82, 2.24) is 19.8 Å². The van der Waals surface area contributed by atoms with Crippen LogP contribution in [-0.2, 0) is 16.2 Å². The van der Waals surface area contributed by atoms with E-state index in [4.69, 9.17) is 4.84 Å². The number of aromatic nitrogens is 1. The summed E-state index contributed by atoms with van der Waals surface area (Å²) in [5.41, 5.74) is -3.08. The Labute approximate surface area is 249 Å². The number of fused-ring (bicyclic) bond motifs is 5. The quantitative estimate of drug-likeness (QED) is 0.454. The van der Waals surface area contributed by atoms with Crippen LogP contribution in [0.4, 0.5) is 13.2 Å². The summed E-state index contributed by atoms with van der Waals surface area (Å²) >= 11 is 0. The third kappa shape index (κ3) is 4.71. The molecule has 4 atom stereocenters. The molecule has 4 heterocycles. The van der Waals surface area contributed by atoms with Crippen molar-refractivity contribution < 1.29 is 37.5 Å². The summed E-state index contributed by atoms with van der Waals surface area (Å²) in [6.07, 6.45) is 1.87. The van der Waals surface area contributed by atoms with Crippen LogP contribution in [0.5, 0.6) is 5.75 Å². The van der Waals surface area contributed by atoms with E-state index < -0.39 is 75.8 Å². The van der Waals surface area contributed by atoms with E-state index in [1.165, 1.54) is 14.5 Å². The number of nitrogens with one attached hydrogen (secondary N) is 1. The van der Waals surface area contributed by atoms with Gasteiger partial charge in [-0.15, -0.1) is 0 Å². The smallest absolute Gasteiger partial charge is 0.274 e.